The first-order valence-corrected chi connectivity index (χ1v) is 5.05. The van der Waals surface area contributed by atoms with Crippen molar-refractivity contribution in [1.82, 2.24) is 0 Å². The van der Waals surface area contributed by atoms with Crippen LogP contribution in [-0.4, -0.2) is 11.0 Å². The van der Waals surface area contributed by atoms with Crippen molar-refractivity contribution in [2.45, 2.75) is 25.8 Å². The number of nitrogens with two attached hydrogens (primary N) is 1. The van der Waals surface area contributed by atoms with E-state index in [1.807, 2.05) is 13.8 Å². The Hall–Kier alpha value is -1.49. The van der Waals surface area contributed by atoms with Crippen LogP contribution in [0.3, 0.4) is 0 Å². The van der Waals surface area contributed by atoms with Gasteiger partial charge in [-0.25, -0.2) is 0 Å². The Morgan fingerprint density at radius 1 is 1.50 bits per heavy atom. The molecule has 5 heteroatoms. The van der Waals surface area contributed by atoms with Crippen molar-refractivity contribution < 1.29 is 9.31 Å². The van der Waals surface area contributed by atoms with E-state index in [0.717, 1.165) is 11.6 Å². The Morgan fingerprint density at radius 2 is 2.06 bits per heavy atom. The summed E-state index contributed by atoms with van der Waals surface area (Å²) in [5.74, 6) is -0.729. The Labute approximate surface area is 92.4 Å². The van der Waals surface area contributed by atoms with E-state index in [2.05, 4.69) is 0 Å². The van der Waals surface area contributed by atoms with Gasteiger partial charge in [0, 0.05) is 18.0 Å². The van der Waals surface area contributed by atoms with Crippen molar-refractivity contribution in [3.05, 3.63) is 39.7 Å². The van der Waals surface area contributed by atoms with Gasteiger partial charge in [-0.05, 0) is 17.0 Å². The molecular weight excluding hydrogens is 211 g/mol. The minimum absolute atomic E-state index is 0.0161. The van der Waals surface area contributed by atoms with E-state index >= 15 is 0 Å². The Balaban J connectivity index is 2.39. The molecule has 0 unspecified atom stereocenters. The molecule has 1 aliphatic rings. The van der Waals surface area contributed by atoms with Gasteiger partial charge in [-0.2, -0.15) is 4.39 Å². The highest BCUT2D eigenvalue weighted by molar-refractivity contribution is 5.42. The average molecular weight is 224 g/mol. The van der Waals surface area contributed by atoms with Gasteiger partial charge in [-0.15, -0.1) is 0 Å². The molecule has 0 aliphatic heterocycles. The smallest absolute Gasteiger partial charge is 0.305 e. The lowest BCUT2D eigenvalue weighted by atomic mass is 10.0. The van der Waals surface area contributed by atoms with Gasteiger partial charge in [0.2, 0.25) is 5.82 Å². The summed E-state index contributed by atoms with van der Waals surface area (Å²) in [6, 6.07) is 3.97. The molecule has 0 amide bonds. The Kier molecular flexibility index (Phi) is 2.24. The van der Waals surface area contributed by atoms with Crippen LogP contribution in [0.15, 0.2) is 18.2 Å². The molecule has 1 aromatic carbocycles. The zero-order chi connectivity index (χ0) is 12.1. The summed E-state index contributed by atoms with van der Waals surface area (Å²) in [6.45, 7) is 4.00. The number of halogens is 1. The van der Waals surface area contributed by atoms with Crippen LogP contribution in [0.1, 0.15) is 25.3 Å². The molecule has 0 spiro atoms. The van der Waals surface area contributed by atoms with Gasteiger partial charge in [0.05, 0.1) is 4.92 Å². The van der Waals surface area contributed by atoms with Gasteiger partial charge in [0.25, 0.3) is 0 Å². The molecule has 4 nitrogen and oxygen atoms in total. The Morgan fingerprint density at radius 3 is 2.50 bits per heavy atom. The van der Waals surface area contributed by atoms with Crippen LogP contribution < -0.4 is 5.73 Å². The molecule has 0 aromatic heterocycles. The van der Waals surface area contributed by atoms with Crippen LogP contribution in [0, 0.1) is 21.3 Å². The van der Waals surface area contributed by atoms with Crippen LogP contribution in [0.2, 0.25) is 0 Å². The van der Waals surface area contributed by atoms with Crippen molar-refractivity contribution in [1.29, 1.82) is 0 Å². The fourth-order valence-corrected chi connectivity index (χ4v) is 2.18. The van der Waals surface area contributed by atoms with Gasteiger partial charge in [0.15, 0.2) is 0 Å². The standard InChI is InChI=1S/C11H13FN2O2/c1-11(2)9(10(11)13)6-3-4-7(12)8(5-6)14(15)16/h3-5,9-10H,13H2,1-2H3/t9-,10-/m0/s1. The van der Waals surface area contributed by atoms with Crippen LogP contribution in [-0.2, 0) is 0 Å². The van der Waals surface area contributed by atoms with Crippen LogP contribution in [0.4, 0.5) is 10.1 Å². The summed E-state index contributed by atoms with van der Waals surface area (Å²) in [7, 11) is 0. The first kappa shape index (κ1) is 11.0. The topological polar surface area (TPSA) is 69.2 Å². The lowest BCUT2D eigenvalue weighted by molar-refractivity contribution is -0.387. The molecule has 2 atom stereocenters. The van der Waals surface area contributed by atoms with Crippen LogP contribution in [0.5, 0.6) is 0 Å². The van der Waals surface area contributed by atoms with Gasteiger partial charge in [0.1, 0.15) is 0 Å². The minimum atomic E-state index is -0.805. The number of hydrogen-bond acceptors (Lipinski definition) is 3. The fourth-order valence-electron chi connectivity index (χ4n) is 2.18. The normalized spacial score (nSPS) is 26.5. The summed E-state index contributed by atoms with van der Waals surface area (Å²) in [4.78, 5) is 9.89. The van der Waals surface area contributed by atoms with Crippen LogP contribution >= 0.6 is 0 Å². The van der Waals surface area contributed by atoms with E-state index in [-0.39, 0.29) is 17.4 Å². The molecule has 0 saturated heterocycles. The van der Waals surface area contributed by atoms with E-state index in [0.29, 0.717) is 0 Å². The lowest BCUT2D eigenvalue weighted by Crippen LogP contribution is -2.06. The summed E-state index contributed by atoms with van der Waals surface area (Å²) >= 11 is 0. The first-order valence-electron chi connectivity index (χ1n) is 5.05. The van der Waals surface area contributed by atoms with Gasteiger partial charge >= 0.3 is 5.69 Å². The zero-order valence-corrected chi connectivity index (χ0v) is 9.11. The molecule has 1 aromatic rings. The number of benzene rings is 1. The molecule has 16 heavy (non-hydrogen) atoms. The molecule has 0 radical (unpaired) electrons. The number of nitrogens with zero attached hydrogens (tertiary/aromatic N) is 1. The number of rotatable bonds is 2. The van der Waals surface area contributed by atoms with Crippen molar-refractivity contribution in [3.63, 3.8) is 0 Å². The largest absolute Gasteiger partial charge is 0.327 e. The van der Waals surface area contributed by atoms with E-state index in [1.54, 1.807) is 6.07 Å². The van der Waals surface area contributed by atoms with Gasteiger partial charge < -0.3 is 5.73 Å². The predicted molar refractivity (Wildman–Crippen MR) is 57.6 cm³/mol. The molecule has 86 valence electrons. The van der Waals surface area contributed by atoms with E-state index in [1.165, 1.54) is 6.07 Å². The third kappa shape index (κ3) is 1.48. The molecule has 1 fully saturated rings. The second-order valence-corrected chi connectivity index (χ2v) is 4.79. The monoisotopic (exact) mass is 224 g/mol. The van der Waals surface area contributed by atoms with Crippen molar-refractivity contribution in [2.75, 3.05) is 0 Å². The molecule has 2 N–H and O–H groups in total. The number of hydrogen-bond donors (Lipinski definition) is 1. The molecule has 0 heterocycles. The minimum Gasteiger partial charge on any atom is -0.327 e. The average Bonchev–Trinajstić information content (AvgIpc) is 2.67. The van der Waals surface area contributed by atoms with E-state index < -0.39 is 16.4 Å². The maximum Gasteiger partial charge on any atom is 0.305 e. The molecule has 1 aliphatic carbocycles. The van der Waals surface area contributed by atoms with Gasteiger partial charge in [-0.3, -0.25) is 10.1 Å². The third-order valence-electron chi connectivity index (χ3n) is 3.44. The van der Waals surface area contributed by atoms with E-state index in [4.69, 9.17) is 5.73 Å². The number of nitro benzene ring substituents is 1. The van der Waals surface area contributed by atoms with Crippen LogP contribution in [0.25, 0.3) is 0 Å². The highest BCUT2D eigenvalue weighted by atomic mass is 19.1. The maximum atomic E-state index is 13.1. The fraction of sp³-hybridized carbons (Fsp3) is 0.455. The highest BCUT2D eigenvalue weighted by Gasteiger charge is 2.56. The SMILES string of the molecule is CC1(C)[C@@H](N)[C@@H]1c1ccc(F)c([N+](=O)[O-])c1. The quantitative estimate of drug-likeness (QED) is 0.618. The molecule has 0 bridgehead atoms. The summed E-state index contributed by atoms with van der Waals surface area (Å²) in [5, 5.41) is 10.6. The lowest BCUT2D eigenvalue weighted by Gasteiger charge is -2.03. The van der Waals surface area contributed by atoms with Crippen molar-refractivity contribution in [2.24, 2.45) is 11.1 Å². The zero-order valence-electron chi connectivity index (χ0n) is 9.11. The second-order valence-electron chi connectivity index (χ2n) is 4.79. The second kappa shape index (κ2) is 3.25. The molecule has 2 rings (SSSR count). The molecule has 1 saturated carbocycles. The number of nitro groups is 1. The Bertz CT molecular complexity index is 459. The summed E-state index contributed by atoms with van der Waals surface area (Å²) in [5.41, 5.74) is 6.08. The third-order valence-corrected chi connectivity index (χ3v) is 3.44. The summed E-state index contributed by atoms with van der Waals surface area (Å²) < 4.78 is 13.1. The van der Waals surface area contributed by atoms with Crippen molar-refractivity contribution in [3.8, 4) is 0 Å². The highest BCUT2D eigenvalue weighted by Crippen LogP contribution is 2.57. The van der Waals surface area contributed by atoms with E-state index in [9.17, 15) is 14.5 Å². The maximum absolute atomic E-state index is 13.1. The first-order chi connectivity index (χ1) is 7.35. The van der Waals surface area contributed by atoms with Gasteiger partial charge in [-0.1, -0.05) is 19.9 Å². The predicted octanol–water partition coefficient (Wildman–Crippen LogP) is 2.18. The van der Waals surface area contributed by atoms with Crippen molar-refractivity contribution >= 4 is 5.69 Å². The molecular formula is C11H13FN2O2. The summed E-state index contributed by atoms with van der Waals surface area (Å²) in [6.07, 6.45) is 0.